The minimum atomic E-state index is -0.749. The van der Waals surface area contributed by atoms with Crippen molar-refractivity contribution in [3.8, 4) is 5.75 Å². The van der Waals surface area contributed by atoms with Crippen LogP contribution < -0.4 is 4.74 Å². The van der Waals surface area contributed by atoms with Gasteiger partial charge in [0.05, 0.1) is 0 Å². The first-order valence-corrected chi connectivity index (χ1v) is 6.99. The molecular formula is C16H14BrFO2. The van der Waals surface area contributed by atoms with Crippen LogP contribution in [0.25, 0.3) is 0 Å². The quantitative estimate of drug-likeness (QED) is 0.766. The van der Waals surface area contributed by atoms with Crippen LogP contribution >= 0.6 is 15.9 Å². The zero-order chi connectivity index (χ0) is 14.7. The average molecular weight is 337 g/mol. The Morgan fingerprint density at radius 3 is 2.50 bits per heavy atom. The molecule has 0 spiro atoms. The van der Waals surface area contributed by atoms with E-state index in [1.54, 1.807) is 25.1 Å². The van der Waals surface area contributed by atoms with Gasteiger partial charge in [0.1, 0.15) is 0 Å². The number of carbonyl (C=O) groups is 1. The lowest BCUT2D eigenvalue weighted by molar-refractivity contribution is 0.0812. The number of ether oxygens (including phenoxy) is 1. The number of hydrogen-bond donors (Lipinski definition) is 0. The Hall–Kier alpha value is -1.68. The van der Waals surface area contributed by atoms with Gasteiger partial charge in [-0.3, -0.25) is 4.79 Å². The van der Waals surface area contributed by atoms with Crippen molar-refractivity contribution in [3.63, 3.8) is 0 Å². The number of ketones is 1. The van der Waals surface area contributed by atoms with Crippen molar-refractivity contribution >= 4 is 21.7 Å². The summed E-state index contributed by atoms with van der Waals surface area (Å²) in [6.45, 7) is 3.56. The van der Waals surface area contributed by atoms with Crippen LogP contribution in [0.3, 0.4) is 0 Å². The van der Waals surface area contributed by atoms with Crippen molar-refractivity contribution in [1.29, 1.82) is 0 Å². The molecule has 0 fully saturated rings. The lowest BCUT2D eigenvalue weighted by Crippen LogP contribution is -2.24. The van der Waals surface area contributed by atoms with Crippen LogP contribution in [0, 0.1) is 12.7 Å². The monoisotopic (exact) mass is 336 g/mol. The van der Waals surface area contributed by atoms with Gasteiger partial charge >= 0.3 is 0 Å². The third-order valence-electron chi connectivity index (χ3n) is 2.90. The first-order valence-electron chi connectivity index (χ1n) is 6.20. The number of carbonyl (C=O) groups excluding carboxylic acids is 1. The van der Waals surface area contributed by atoms with Crippen molar-refractivity contribution in [1.82, 2.24) is 0 Å². The van der Waals surface area contributed by atoms with Gasteiger partial charge in [-0.05, 0) is 32.0 Å². The molecule has 0 N–H and O–H groups in total. The lowest BCUT2D eigenvalue weighted by Gasteiger charge is -2.14. The van der Waals surface area contributed by atoms with Crippen molar-refractivity contribution in [2.75, 3.05) is 0 Å². The fraction of sp³-hybridized carbons (Fsp3) is 0.188. The third kappa shape index (κ3) is 3.45. The molecular weight excluding hydrogens is 323 g/mol. The van der Waals surface area contributed by atoms with E-state index in [0.29, 0.717) is 10.0 Å². The predicted octanol–water partition coefficient (Wildman–Crippen LogP) is 4.55. The Morgan fingerprint density at radius 1 is 1.20 bits per heavy atom. The van der Waals surface area contributed by atoms with Gasteiger partial charge in [-0.2, -0.15) is 0 Å². The molecule has 2 aromatic rings. The maximum atomic E-state index is 13.6. The predicted molar refractivity (Wildman–Crippen MR) is 79.7 cm³/mol. The van der Waals surface area contributed by atoms with E-state index in [0.717, 1.165) is 5.56 Å². The van der Waals surface area contributed by atoms with Gasteiger partial charge in [-0.1, -0.05) is 45.8 Å². The molecule has 0 radical (unpaired) electrons. The van der Waals surface area contributed by atoms with Crippen molar-refractivity contribution in [2.24, 2.45) is 0 Å². The second kappa shape index (κ2) is 6.18. The molecule has 0 saturated heterocycles. The Balaban J connectivity index is 2.15. The fourth-order valence-electron chi connectivity index (χ4n) is 1.76. The summed E-state index contributed by atoms with van der Waals surface area (Å²) in [5, 5.41) is 0. The first kappa shape index (κ1) is 14.7. The molecule has 4 heteroatoms. The minimum absolute atomic E-state index is 0.0623. The van der Waals surface area contributed by atoms with Gasteiger partial charge in [-0.25, -0.2) is 4.39 Å². The second-order valence-corrected chi connectivity index (χ2v) is 5.48. The van der Waals surface area contributed by atoms with E-state index < -0.39 is 11.9 Å². The molecule has 2 aromatic carbocycles. The van der Waals surface area contributed by atoms with Crippen LogP contribution in [0.1, 0.15) is 22.8 Å². The van der Waals surface area contributed by atoms with Crippen molar-refractivity contribution in [2.45, 2.75) is 20.0 Å². The zero-order valence-corrected chi connectivity index (χ0v) is 12.8. The number of Topliss-reactive ketones (excluding diaryl/α,β-unsaturated/α-hetero) is 1. The molecule has 1 atom stereocenters. The molecule has 0 bridgehead atoms. The average Bonchev–Trinajstić information content (AvgIpc) is 2.43. The van der Waals surface area contributed by atoms with Gasteiger partial charge in [0.25, 0.3) is 0 Å². The molecule has 0 aliphatic heterocycles. The number of halogens is 2. The normalized spacial score (nSPS) is 12.0. The van der Waals surface area contributed by atoms with E-state index in [2.05, 4.69) is 15.9 Å². The Kier molecular flexibility index (Phi) is 4.55. The molecule has 2 rings (SSSR count). The highest BCUT2D eigenvalue weighted by Crippen LogP contribution is 2.24. The molecule has 0 aliphatic carbocycles. The largest absolute Gasteiger partial charge is 0.479 e. The lowest BCUT2D eigenvalue weighted by atomic mass is 10.1. The van der Waals surface area contributed by atoms with Crippen molar-refractivity contribution in [3.05, 3.63) is 63.9 Å². The van der Waals surface area contributed by atoms with Gasteiger partial charge in [0.2, 0.25) is 5.78 Å². The van der Waals surface area contributed by atoms with Crippen LogP contribution in [0.5, 0.6) is 5.75 Å². The van der Waals surface area contributed by atoms with Gasteiger partial charge in [-0.15, -0.1) is 0 Å². The molecule has 2 nitrogen and oxygen atoms in total. The Bertz CT molecular complexity index is 623. The van der Waals surface area contributed by atoms with E-state index >= 15 is 0 Å². The summed E-state index contributed by atoms with van der Waals surface area (Å²) < 4.78 is 19.7. The summed E-state index contributed by atoms with van der Waals surface area (Å²) in [4.78, 5) is 12.2. The van der Waals surface area contributed by atoms with Gasteiger partial charge in [0, 0.05) is 10.0 Å². The van der Waals surface area contributed by atoms with Crippen molar-refractivity contribution < 1.29 is 13.9 Å². The fourth-order valence-corrected chi connectivity index (χ4v) is 2.10. The molecule has 0 aromatic heterocycles. The van der Waals surface area contributed by atoms with E-state index in [9.17, 15) is 9.18 Å². The van der Waals surface area contributed by atoms with Crippen LogP contribution in [0.15, 0.2) is 46.9 Å². The highest BCUT2D eigenvalue weighted by atomic mass is 79.9. The summed E-state index contributed by atoms with van der Waals surface area (Å²) in [5.74, 6) is -0.603. The molecule has 0 amide bonds. The summed E-state index contributed by atoms with van der Waals surface area (Å²) in [5.41, 5.74) is 1.63. The van der Waals surface area contributed by atoms with E-state index in [-0.39, 0.29) is 11.5 Å². The van der Waals surface area contributed by atoms with Crippen LogP contribution in [0.2, 0.25) is 0 Å². The number of aryl methyl sites for hydroxylation is 1. The maximum Gasteiger partial charge on any atom is 0.202 e. The number of rotatable bonds is 4. The maximum absolute atomic E-state index is 13.6. The smallest absolute Gasteiger partial charge is 0.202 e. The molecule has 0 heterocycles. The third-order valence-corrected chi connectivity index (χ3v) is 3.40. The molecule has 20 heavy (non-hydrogen) atoms. The first-order chi connectivity index (χ1) is 9.47. The minimum Gasteiger partial charge on any atom is -0.479 e. The molecule has 1 unspecified atom stereocenters. The van der Waals surface area contributed by atoms with E-state index in [4.69, 9.17) is 4.74 Å². The summed E-state index contributed by atoms with van der Waals surface area (Å²) >= 11 is 3.24. The van der Waals surface area contributed by atoms with Crippen LogP contribution in [-0.2, 0) is 0 Å². The SMILES string of the molecule is Cc1ccc(C(=O)C(C)Oc2cc(Br)ccc2F)cc1. The Morgan fingerprint density at radius 2 is 1.85 bits per heavy atom. The topological polar surface area (TPSA) is 26.3 Å². The highest BCUT2D eigenvalue weighted by Gasteiger charge is 2.18. The Labute approximate surface area is 125 Å². The summed E-state index contributed by atoms with van der Waals surface area (Å²) in [7, 11) is 0. The summed E-state index contributed by atoms with van der Waals surface area (Å²) in [6, 6.07) is 11.6. The second-order valence-electron chi connectivity index (χ2n) is 4.57. The standard InChI is InChI=1S/C16H14BrFO2/c1-10-3-5-12(6-4-10)16(19)11(2)20-15-9-13(17)7-8-14(15)18/h3-9,11H,1-2H3. The van der Waals surface area contributed by atoms with Gasteiger partial charge < -0.3 is 4.74 Å². The summed E-state index contributed by atoms with van der Waals surface area (Å²) in [6.07, 6.45) is -0.749. The molecule has 104 valence electrons. The van der Waals surface area contributed by atoms with Gasteiger partial charge in [0.15, 0.2) is 17.7 Å². The van der Waals surface area contributed by atoms with Crippen LogP contribution in [0.4, 0.5) is 4.39 Å². The van der Waals surface area contributed by atoms with E-state index in [1.165, 1.54) is 12.1 Å². The molecule has 0 aliphatic rings. The number of benzene rings is 2. The van der Waals surface area contributed by atoms with Crippen LogP contribution in [-0.4, -0.2) is 11.9 Å². The van der Waals surface area contributed by atoms with E-state index in [1.807, 2.05) is 19.1 Å². The number of hydrogen-bond acceptors (Lipinski definition) is 2. The molecule has 0 saturated carbocycles. The highest BCUT2D eigenvalue weighted by molar-refractivity contribution is 9.10. The zero-order valence-electron chi connectivity index (χ0n) is 11.2.